The van der Waals surface area contributed by atoms with E-state index in [0.29, 0.717) is 18.1 Å². The lowest BCUT2D eigenvalue weighted by molar-refractivity contribution is 0.186. The molecule has 0 bridgehead atoms. The molecule has 15 heavy (non-hydrogen) atoms. The topological polar surface area (TPSA) is 52.3 Å². The van der Waals surface area contributed by atoms with Crippen molar-refractivity contribution in [2.24, 2.45) is 5.73 Å². The lowest BCUT2D eigenvalue weighted by atomic mass is 10.2. The molecule has 4 heteroatoms. The van der Waals surface area contributed by atoms with Crippen LogP contribution in [0.1, 0.15) is 5.56 Å². The molecule has 2 unspecified atom stereocenters. The molecule has 1 aromatic carbocycles. The standard InChI is InChI=1S/C11H17NO2S/c1-14-7-11(12)9-15(13)8-10-5-3-2-4-6-10/h2-6,11H,7-9,12H2,1H3. The van der Waals surface area contributed by atoms with Crippen LogP contribution in [0.25, 0.3) is 0 Å². The van der Waals surface area contributed by atoms with Gasteiger partial charge in [0.2, 0.25) is 0 Å². The zero-order valence-electron chi connectivity index (χ0n) is 8.89. The van der Waals surface area contributed by atoms with Gasteiger partial charge in [-0.25, -0.2) is 0 Å². The number of ether oxygens (including phenoxy) is 1. The smallest absolute Gasteiger partial charge is 0.0622 e. The first-order valence-electron chi connectivity index (χ1n) is 4.86. The third kappa shape index (κ3) is 5.06. The molecule has 0 aliphatic rings. The van der Waals surface area contributed by atoms with Gasteiger partial charge in [0.25, 0.3) is 0 Å². The Balaban J connectivity index is 2.36. The number of benzene rings is 1. The van der Waals surface area contributed by atoms with Crippen molar-refractivity contribution in [2.45, 2.75) is 11.8 Å². The zero-order valence-corrected chi connectivity index (χ0v) is 9.70. The van der Waals surface area contributed by atoms with Gasteiger partial charge in [-0.3, -0.25) is 4.21 Å². The Morgan fingerprint density at radius 1 is 1.40 bits per heavy atom. The monoisotopic (exact) mass is 227 g/mol. The van der Waals surface area contributed by atoms with E-state index in [2.05, 4.69) is 0 Å². The molecule has 0 amide bonds. The maximum absolute atomic E-state index is 11.7. The molecule has 0 saturated carbocycles. The summed E-state index contributed by atoms with van der Waals surface area (Å²) in [7, 11) is 0.690. The summed E-state index contributed by atoms with van der Waals surface area (Å²) in [6.07, 6.45) is 0. The fourth-order valence-electron chi connectivity index (χ4n) is 1.32. The van der Waals surface area contributed by atoms with E-state index in [9.17, 15) is 4.21 Å². The maximum Gasteiger partial charge on any atom is 0.0622 e. The molecule has 0 aliphatic heterocycles. The van der Waals surface area contributed by atoms with Crippen LogP contribution in [0, 0.1) is 0 Å². The van der Waals surface area contributed by atoms with Crippen molar-refractivity contribution >= 4 is 10.8 Å². The van der Waals surface area contributed by atoms with Crippen molar-refractivity contribution in [3.63, 3.8) is 0 Å². The fourth-order valence-corrected chi connectivity index (χ4v) is 2.58. The third-order valence-corrected chi connectivity index (χ3v) is 3.41. The fraction of sp³-hybridized carbons (Fsp3) is 0.455. The van der Waals surface area contributed by atoms with Gasteiger partial charge in [0.1, 0.15) is 0 Å². The molecular weight excluding hydrogens is 210 g/mol. The van der Waals surface area contributed by atoms with E-state index in [-0.39, 0.29) is 6.04 Å². The summed E-state index contributed by atoms with van der Waals surface area (Å²) < 4.78 is 16.6. The first-order chi connectivity index (χ1) is 7.22. The van der Waals surface area contributed by atoms with Gasteiger partial charge in [-0.05, 0) is 5.56 Å². The molecule has 84 valence electrons. The highest BCUT2D eigenvalue weighted by Crippen LogP contribution is 2.03. The van der Waals surface area contributed by atoms with Gasteiger partial charge < -0.3 is 10.5 Å². The largest absolute Gasteiger partial charge is 0.383 e. The van der Waals surface area contributed by atoms with Crippen LogP contribution in [0.2, 0.25) is 0 Å². The van der Waals surface area contributed by atoms with Crippen molar-refractivity contribution < 1.29 is 8.95 Å². The quantitative estimate of drug-likeness (QED) is 0.786. The molecule has 0 fully saturated rings. The van der Waals surface area contributed by atoms with E-state index in [0.717, 1.165) is 5.56 Å². The van der Waals surface area contributed by atoms with Crippen molar-refractivity contribution in [3.05, 3.63) is 35.9 Å². The number of rotatable bonds is 6. The highest BCUT2D eigenvalue weighted by molar-refractivity contribution is 7.84. The lowest BCUT2D eigenvalue weighted by Gasteiger charge is -2.09. The number of nitrogens with two attached hydrogens (primary N) is 1. The lowest BCUT2D eigenvalue weighted by Crippen LogP contribution is -2.32. The minimum atomic E-state index is -0.908. The van der Waals surface area contributed by atoms with Crippen LogP contribution in [-0.2, 0) is 21.3 Å². The summed E-state index contributed by atoms with van der Waals surface area (Å²) in [5.41, 5.74) is 6.80. The van der Waals surface area contributed by atoms with Crippen LogP contribution in [-0.4, -0.2) is 29.7 Å². The Kier molecular flexibility index (Phi) is 5.53. The Morgan fingerprint density at radius 3 is 2.67 bits per heavy atom. The predicted octanol–water partition coefficient (Wildman–Crippen LogP) is 0.909. The van der Waals surface area contributed by atoms with Gasteiger partial charge in [0.15, 0.2) is 0 Å². The molecule has 0 aliphatic carbocycles. The van der Waals surface area contributed by atoms with E-state index >= 15 is 0 Å². The minimum absolute atomic E-state index is 0.139. The van der Waals surface area contributed by atoms with Gasteiger partial charge in [-0.2, -0.15) is 0 Å². The average molecular weight is 227 g/mol. The Labute approximate surface area is 93.1 Å². The summed E-state index contributed by atoms with van der Waals surface area (Å²) in [5.74, 6) is 1.06. The number of hydrogen-bond acceptors (Lipinski definition) is 3. The van der Waals surface area contributed by atoms with Crippen LogP contribution in [0.5, 0.6) is 0 Å². The van der Waals surface area contributed by atoms with E-state index in [4.69, 9.17) is 10.5 Å². The Bertz CT molecular complexity index is 303. The van der Waals surface area contributed by atoms with Crippen molar-refractivity contribution in [2.75, 3.05) is 19.5 Å². The summed E-state index contributed by atoms with van der Waals surface area (Å²) in [4.78, 5) is 0. The van der Waals surface area contributed by atoms with Gasteiger partial charge in [0, 0.05) is 35.5 Å². The average Bonchev–Trinajstić information content (AvgIpc) is 2.19. The molecule has 0 spiro atoms. The molecule has 0 heterocycles. The first-order valence-corrected chi connectivity index (χ1v) is 6.34. The van der Waals surface area contributed by atoms with Crippen molar-refractivity contribution in [3.8, 4) is 0 Å². The molecular formula is C11H17NO2S. The molecule has 1 rings (SSSR count). The maximum atomic E-state index is 11.7. The van der Waals surface area contributed by atoms with Gasteiger partial charge in [0.05, 0.1) is 6.61 Å². The van der Waals surface area contributed by atoms with E-state index in [1.165, 1.54) is 0 Å². The SMILES string of the molecule is COCC(N)CS(=O)Cc1ccccc1. The second kappa shape index (κ2) is 6.71. The van der Waals surface area contributed by atoms with Gasteiger partial charge in [-0.1, -0.05) is 30.3 Å². The van der Waals surface area contributed by atoms with Crippen LogP contribution < -0.4 is 5.73 Å². The summed E-state index contributed by atoms with van der Waals surface area (Å²) >= 11 is 0. The molecule has 0 saturated heterocycles. The molecule has 0 aromatic heterocycles. The normalized spacial score (nSPS) is 14.8. The second-order valence-corrected chi connectivity index (χ2v) is 4.95. The summed E-state index contributed by atoms with van der Waals surface area (Å²) in [6, 6.07) is 9.64. The summed E-state index contributed by atoms with van der Waals surface area (Å²) in [5, 5.41) is 0. The predicted molar refractivity (Wildman–Crippen MR) is 63.0 cm³/mol. The first kappa shape index (κ1) is 12.4. The minimum Gasteiger partial charge on any atom is -0.383 e. The van der Waals surface area contributed by atoms with Crippen molar-refractivity contribution in [1.82, 2.24) is 0 Å². The van der Waals surface area contributed by atoms with Gasteiger partial charge in [-0.15, -0.1) is 0 Å². The molecule has 0 radical (unpaired) electrons. The number of hydrogen-bond donors (Lipinski definition) is 1. The van der Waals surface area contributed by atoms with E-state index < -0.39 is 10.8 Å². The number of methoxy groups -OCH3 is 1. The van der Waals surface area contributed by atoms with Crippen LogP contribution >= 0.6 is 0 Å². The van der Waals surface area contributed by atoms with Gasteiger partial charge >= 0.3 is 0 Å². The Morgan fingerprint density at radius 2 is 2.07 bits per heavy atom. The highest BCUT2D eigenvalue weighted by atomic mass is 32.2. The molecule has 1 aromatic rings. The molecule has 3 nitrogen and oxygen atoms in total. The molecule has 2 N–H and O–H groups in total. The summed E-state index contributed by atoms with van der Waals surface area (Å²) in [6.45, 7) is 0.459. The molecule has 2 atom stereocenters. The second-order valence-electron chi connectivity index (χ2n) is 3.45. The van der Waals surface area contributed by atoms with Crippen LogP contribution in [0.15, 0.2) is 30.3 Å². The Hall–Kier alpha value is -0.710. The highest BCUT2D eigenvalue weighted by Gasteiger charge is 2.08. The third-order valence-electron chi connectivity index (χ3n) is 1.95. The van der Waals surface area contributed by atoms with Crippen molar-refractivity contribution in [1.29, 1.82) is 0 Å². The van der Waals surface area contributed by atoms with E-state index in [1.54, 1.807) is 7.11 Å². The van der Waals surface area contributed by atoms with Crippen LogP contribution in [0.4, 0.5) is 0 Å². The zero-order chi connectivity index (χ0) is 11.1. The van der Waals surface area contributed by atoms with E-state index in [1.807, 2.05) is 30.3 Å². The van der Waals surface area contributed by atoms with Crippen LogP contribution in [0.3, 0.4) is 0 Å².